The highest BCUT2D eigenvalue weighted by Gasteiger charge is 2.10. The maximum Gasteiger partial charge on any atom is 0.104 e. The van der Waals surface area contributed by atoms with Crippen LogP contribution in [0.25, 0.3) is 5.69 Å². The molecule has 2 aromatic rings. The van der Waals surface area contributed by atoms with Gasteiger partial charge in [0.05, 0.1) is 24.3 Å². The zero-order valence-corrected chi connectivity index (χ0v) is 10.7. The van der Waals surface area contributed by atoms with Crippen LogP contribution in [-0.2, 0) is 13.6 Å². The predicted molar refractivity (Wildman–Crippen MR) is 64.7 cm³/mol. The van der Waals surface area contributed by atoms with Gasteiger partial charge in [0, 0.05) is 19.1 Å². The van der Waals surface area contributed by atoms with Crippen molar-refractivity contribution in [2.24, 2.45) is 7.05 Å². The average Bonchev–Trinajstić information content (AvgIpc) is 2.81. The number of aryl methyl sites for hydroxylation is 1. The van der Waals surface area contributed by atoms with Crippen molar-refractivity contribution in [3.8, 4) is 5.69 Å². The molecule has 0 spiro atoms. The van der Waals surface area contributed by atoms with Gasteiger partial charge in [-0.15, -0.1) is 5.10 Å². The van der Waals surface area contributed by atoms with Crippen molar-refractivity contribution in [1.29, 1.82) is 0 Å². The van der Waals surface area contributed by atoms with E-state index in [2.05, 4.69) is 41.5 Å². The molecule has 0 aliphatic rings. The van der Waals surface area contributed by atoms with Crippen LogP contribution in [0, 0.1) is 0 Å². The van der Waals surface area contributed by atoms with Crippen molar-refractivity contribution < 1.29 is 0 Å². The van der Waals surface area contributed by atoms with E-state index in [4.69, 9.17) is 0 Å². The standard InChI is InChI=1S/C11H18N6/c1-11(2,3)12-5-9-7-17(15-14-9)10-6-13-16(4)8-10/h6-8,12H,5H2,1-4H3. The Bertz CT molecular complexity index is 490. The van der Waals surface area contributed by atoms with E-state index in [0.717, 1.165) is 11.4 Å². The first-order valence-corrected chi connectivity index (χ1v) is 5.59. The van der Waals surface area contributed by atoms with Gasteiger partial charge in [0.2, 0.25) is 0 Å². The van der Waals surface area contributed by atoms with Crippen molar-refractivity contribution in [1.82, 2.24) is 30.1 Å². The fraction of sp³-hybridized carbons (Fsp3) is 0.545. The van der Waals surface area contributed by atoms with Crippen LogP contribution in [0.1, 0.15) is 26.5 Å². The smallest absolute Gasteiger partial charge is 0.104 e. The molecular formula is C11H18N6. The lowest BCUT2D eigenvalue weighted by Crippen LogP contribution is -2.35. The minimum atomic E-state index is 0.0814. The predicted octanol–water partition coefficient (Wildman–Crippen LogP) is 0.889. The monoisotopic (exact) mass is 234 g/mol. The summed E-state index contributed by atoms with van der Waals surface area (Å²) in [4.78, 5) is 0. The summed E-state index contributed by atoms with van der Waals surface area (Å²) in [5.41, 5.74) is 1.92. The Morgan fingerprint density at radius 2 is 2.06 bits per heavy atom. The number of nitrogens with zero attached hydrogens (tertiary/aromatic N) is 5. The molecule has 0 aliphatic carbocycles. The van der Waals surface area contributed by atoms with Gasteiger partial charge in [0.25, 0.3) is 0 Å². The molecule has 6 nitrogen and oxygen atoms in total. The maximum atomic E-state index is 4.12. The summed E-state index contributed by atoms with van der Waals surface area (Å²) in [6.45, 7) is 7.08. The van der Waals surface area contributed by atoms with E-state index >= 15 is 0 Å². The highest BCUT2D eigenvalue weighted by molar-refractivity contribution is 5.23. The van der Waals surface area contributed by atoms with E-state index in [1.54, 1.807) is 15.6 Å². The maximum absolute atomic E-state index is 4.12. The van der Waals surface area contributed by atoms with E-state index in [-0.39, 0.29) is 5.54 Å². The zero-order valence-electron chi connectivity index (χ0n) is 10.7. The normalized spacial score (nSPS) is 12.0. The second-order valence-corrected chi connectivity index (χ2v) is 5.13. The van der Waals surface area contributed by atoms with Crippen LogP contribution in [0.4, 0.5) is 0 Å². The molecule has 6 heteroatoms. The Labute approximate surface area is 101 Å². The Morgan fingerprint density at radius 1 is 1.29 bits per heavy atom. The number of hydrogen-bond donors (Lipinski definition) is 1. The van der Waals surface area contributed by atoms with Crippen LogP contribution in [0.5, 0.6) is 0 Å². The zero-order chi connectivity index (χ0) is 12.5. The molecule has 92 valence electrons. The Kier molecular flexibility index (Phi) is 2.97. The van der Waals surface area contributed by atoms with Crippen molar-refractivity contribution in [2.45, 2.75) is 32.9 Å². The lowest BCUT2D eigenvalue weighted by atomic mass is 10.1. The highest BCUT2D eigenvalue weighted by Crippen LogP contribution is 2.06. The van der Waals surface area contributed by atoms with Crippen molar-refractivity contribution in [3.05, 3.63) is 24.3 Å². The van der Waals surface area contributed by atoms with Crippen LogP contribution in [0.15, 0.2) is 18.6 Å². The molecule has 0 radical (unpaired) electrons. The van der Waals surface area contributed by atoms with Crippen molar-refractivity contribution in [2.75, 3.05) is 0 Å². The quantitative estimate of drug-likeness (QED) is 0.856. The third-order valence-corrected chi connectivity index (χ3v) is 2.30. The fourth-order valence-electron chi connectivity index (χ4n) is 1.39. The second-order valence-electron chi connectivity index (χ2n) is 5.13. The SMILES string of the molecule is Cn1cc(-n2cc(CNC(C)(C)C)nn2)cn1. The fourth-order valence-corrected chi connectivity index (χ4v) is 1.39. The van der Waals surface area contributed by atoms with E-state index in [0.29, 0.717) is 6.54 Å². The minimum Gasteiger partial charge on any atom is -0.306 e. The summed E-state index contributed by atoms with van der Waals surface area (Å²) in [6.07, 6.45) is 5.57. The molecule has 2 aromatic heterocycles. The molecule has 2 rings (SSSR count). The van der Waals surface area contributed by atoms with E-state index < -0.39 is 0 Å². The minimum absolute atomic E-state index is 0.0814. The third kappa shape index (κ3) is 3.13. The summed E-state index contributed by atoms with van der Waals surface area (Å²) in [5, 5.41) is 15.7. The lowest BCUT2D eigenvalue weighted by Gasteiger charge is -2.19. The second kappa shape index (κ2) is 4.29. The molecule has 0 aromatic carbocycles. The van der Waals surface area contributed by atoms with Crippen LogP contribution in [0.3, 0.4) is 0 Å². The van der Waals surface area contributed by atoms with Gasteiger partial charge in [-0.25, -0.2) is 4.68 Å². The summed E-state index contributed by atoms with van der Waals surface area (Å²) >= 11 is 0. The summed E-state index contributed by atoms with van der Waals surface area (Å²) in [6, 6.07) is 0. The summed E-state index contributed by atoms with van der Waals surface area (Å²) in [7, 11) is 1.88. The molecule has 0 saturated carbocycles. The van der Waals surface area contributed by atoms with Crippen LogP contribution >= 0.6 is 0 Å². The Balaban J connectivity index is 2.06. The first-order valence-electron chi connectivity index (χ1n) is 5.59. The number of aromatic nitrogens is 5. The molecule has 0 fully saturated rings. The first-order chi connectivity index (χ1) is 7.94. The van der Waals surface area contributed by atoms with Gasteiger partial charge < -0.3 is 5.32 Å². The van der Waals surface area contributed by atoms with E-state index in [9.17, 15) is 0 Å². The summed E-state index contributed by atoms with van der Waals surface area (Å²) < 4.78 is 3.47. The molecule has 0 unspecified atom stereocenters. The Hall–Kier alpha value is -1.69. The van der Waals surface area contributed by atoms with E-state index in [1.165, 1.54) is 0 Å². The number of nitrogens with one attached hydrogen (secondary N) is 1. The van der Waals surface area contributed by atoms with Crippen molar-refractivity contribution in [3.63, 3.8) is 0 Å². The van der Waals surface area contributed by atoms with Gasteiger partial charge in [-0.1, -0.05) is 5.21 Å². The summed E-state index contributed by atoms with van der Waals surface area (Å²) in [5.74, 6) is 0. The van der Waals surface area contributed by atoms with Crippen LogP contribution in [-0.4, -0.2) is 30.3 Å². The molecule has 0 atom stereocenters. The topological polar surface area (TPSA) is 60.6 Å². The molecule has 1 N–H and O–H groups in total. The lowest BCUT2D eigenvalue weighted by molar-refractivity contribution is 0.421. The molecule has 0 aliphatic heterocycles. The van der Waals surface area contributed by atoms with Gasteiger partial charge in [0.1, 0.15) is 5.69 Å². The van der Waals surface area contributed by atoms with Gasteiger partial charge in [-0.05, 0) is 20.8 Å². The van der Waals surface area contributed by atoms with Gasteiger partial charge in [-0.2, -0.15) is 5.10 Å². The Morgan fingerprint density at radius 3 is 2.65 bits per heavy atom. The molecule has 0 saturated heterocycles. The number of hydrogen-bond acceptors (Lipinski definition) is 4. The highest BCUT2D eigenvalue weighted by atomic mass is 15.4. The average molecular weight is 234 g/mol. The van der Waals surface area contributed by atoms with Crippen LogP contribution < -0.4 is 5.32 Å². The van der Waals surface area contributed by atoms with Crippen LogP contribution in [0.2, 0.25) is 0 Å². The van der Waals surface area contributed by atoms with Gasteiger partial charge >= 0.3 is 0 Å². The molecule has 17 heavy (non-hydrogen) atoms. The first kappa shape index (κ1) is 11.8. The van der Waals surface area contributed by atoms with Crippen molar-refractivity contribution >= 4 is 0 Å². The third-order valence-electron chi connectivity index (χ3n) is 2.30. The molecular weight excluding hydrogens is 216 g/mol. The van der Waals surface area contributed by atoms with Gasteiger partial charge in [0.15, 0.2) is 0 Å². The molecule has 2 heterocycles. The molecule has 0 bridgehead atoms. The van der Waals surface area contributed by atoms with Gasteiger partial charge in [-0.3, -0.25) is 4.68 Å². The van der Waals surface area contributed by atoms with E-state index in [1.807, 2.05) is 19.4 Å². The molecule has 0 amide bonds. The largest absolute Gasteiger partial charge is 0.306 e. The number of rotatable bonds is 3.